The number of aromatic nitrogens is 1. The maximum absolute atomic E-state index is 11.9. The number of nitrogens with one attached hydrogen (secondary N) is 2. The molecule has 1 aromatic carbocycles. The number of ether oxygens (including phenoxy) is 1. The average Bonchev–Trinajstić information content (AvgIpc) is 2.77. The second-order valence-corrected chi connectivity index (χ2v) is 6.76. The van der Waals surface area contributed by atoms with Crippen molar-refractivity contribution in [3.63, 3.8) is 0 Å². The van der Waals surface area contributed by atoms with E-state index in [9.17, 15) is 4.79 Å². The Labute approximate surface area is 128 Å². The lowest BCUT2D eigenvalue weighted by Gasteiger charge is -2.19. The third-order valence-electron chi connectivity index (χ3n) is 2.70. The molecule has 0 radical (unpaired) electrons. The Morgan fingerprint density at radius 1 is 1.38 bits per heavy atom. The van der Waals surface area contributed by atoms with Crippen LogP contribution in [-0.4, -0.2) is 29.6 Å². The first-order chi connectivity index (χ1) is 9.87. The Balaban J connectivity index is 2.03. The van der Waals surface area contributed by atoms with Gasteiger partial charge < -0.3 is 15.4 Å². The molecular formula is C15H21N3O2S. The maximum atomic E-state index is 11.9. The van der Waals surface area contributed by atoms with Gasteiger partial charge in [0.25, 0.3) is 0 Å². The summed E-state index contributed by atoms with van der Waals surface area (Å²) in [4.78, 5) is 16.3. The lowest BCUT2D eigenvalue weighted by Crippen LogP contribution is -2.41. The van der Waals surface area contributed by atoms with Crippen LogP contribution < -0.4 is 15.4 Å². The molecule has 2 N–H and O–H groups in total. The number of amides is 1. The minimum atomic E-state index is -0.0889. The second kappa shape index (κ2) is 6.41. The van der Waals surface area contributed by atoms with Gasteiger partial charge in [0.15, 0.2) is 5.13 Å². The number of carbonyl (C=O) groups excluding carboxylic acids is 1. The van der Waals surface area contributed by atoms with Crippen LogP contribution in [0.1, 0.15) is 27.7 Å². The fourth-order valence-corrected chi connectivity index (χ4v) is 2.63. The van der Waals surface area contributed by atoms with E-state index in [0.717, 1.165) is 16.0 Å². The first-order valence-electron chi connectivity index (χ1n) is 6.95. The van der Waals surface area contributed by atoms with E-state index in [1.165, 1.54) is 11.3 Å². The van der Waals surface area contributed by atoms with Crippen LogP contribution >= 0.6 is 11.3 Å². The highest BCUT2D eigenvalue weighted by atomic mass is 32.1. The molecule has 0 aliphatic rings. The number of thiazole rings is 1. The largest absolute Gasteiger partial charge is 0.494 e. The van der Waals surface area contributed by atoms with Gasteiger partial charge in [-0.05, 0) is 45.9 Å². The molecule has 0 saturated heterocycles. The van der Waals surface area contributed by atoms with Gasteiger partial charge in [0.2, 0.25) is 5.91 Å². The molecule has 1 amide bonds. The van der Waals surface area contributed by atoms with Crippen molar-refractivity contribution in [2.45, 2.75) is 33.2 Å². The van der Waals surface area contributed by atoms with E-state index in [2.05, 4.69) is 15.6 Å². The highest BCUT2D eigenvalue weighted by Crippen LogP contribution is 2.29. The molecule has 0 fully saturated rings. The smallest absolute Gasteiger partial charge is 0.240 e. The van der Waals surface area contributed by atoms with Crippen molar-refractivity contribution in [2.75, 3.05) is 18.5 Å². The molecule has 21 heavy (non-hydrogen) atoms. The zero-order valence-electron chi connectivity index (χ0n) is 12.8. The van der Waals surface area contributed by atoms with E-state index in [4.69, 9.17) is 4.74 Å². The van der Waals surface area contributed by atoms with Gasteiger partial charge in [-0.25, -0.2) is 4.98 Å². The van der Waals surface area contributed by atoms with Crippen molar-refractivity contribution in [3.8, 4) is 5.75 Å². The van der Waals surface area contributed by atoms with Gasteiger partial charge in [0.1, 0.15) is 5.75 Å². The zero-order valence-corrected chi connectivity index (χ0v) is 13.6. The Bertz CT molecular complexity index is 631. The number of carbonyl (C=O) groups is 1. The molecule has 0 atom stereocenters. The SMILES string of the molecule is CCOc1ccc2nc(NC(=O)CNC(C)(C)C)sc2c1. The van der Waals surface area contributed by atoms with Crippen molar-refractivity contribution in [1.82, 2.24) is 10.3 Å². The second-order valence-electron chi connectivity index (χ2n) is 5.73. The van der Waals surface area contributed by atoms with Crippen LogP contribution in [0.25, 0.3) is 10.2 Å². The normalized spacial score (nSPS) is 11.6. The minimum Gasteiger partial charge on any atom is -0.494 e. The van der Waals surface area contributed by atoms with Crippen molar-refractivity contribution >= 4 is 32.6 Å². The van der Waals surface area contributed by atoms with Gasteiger partial charge in [-0.1, -0.05) is 11.3 Å². The fraction of sp³-hybridized carbons (Fsp3) is 0.467. The van der Waals surface area contributed by atoms with Gasteiger partial charge >= 0.3 is 0 Å². The molecule has 2 rings (SSSR count). The molecule has 6 heteroatoms. The molecule has 0 aliphatic heterocycles. The van der Waals surface area contributed by atoms with Crippen LogP contribution in [0.4, 0.5) is 5.13 Å². The summed E-state index contributed by atoms with van der Waals surface area (Å²) in [5, 5.41) is 6.58. The average molecular weight is 307 g/mol. The molecule has 5 nitrogen and oxygen atoms in total. The zero-order chi connectivity index (χ0) is 15.5. The molecule has 0 saturated carbocycles. The number of rotatable bonds is 5. The molecule has 114 valence electrons. The predicted octanol–water partition coefficient (Wildman–Crippen LogP) is 3.02. The van der Waals surface area contributed by atoms with E-state index < -0.39 is 0 Å². The third kappa shape index (κ3) is 4.68. The Morgan fingerprint density at radius 2 is 2.14 bits per heavy atom. The minimum absolute atomic E-state index is 0.0860. The maximum Gasteiger partial charge on any atom is 0.240 e. The van der Waals surface area contributed by atoms with E-state index in [-0.39, 0.29) is 18.0 Å². The lowest BCUT2D eigenvalue weighted by molar-refractivity contribution is -0.115. The summed E-state index contributed by atoms with van der Waals surface area (Å²) in [6, 6.07) is 5.73. The quantitative estimate of drug-likeness (QED) is 0.891. The molecule has 0 aliphatic carbocycles. The number of anilines is 1. The number of fused-ring (bicyclic) bond motifs is 1. The topological polar surface area (TPSA) is 63.2 Å². The van der Waals surface area contributed by atoms with Crippen LogP contribution in [0, 0.1) is 0 Å². The van der Waals surface area contributed by atoms with Gasteiger partial charge in [0.05, 0.1) is 23.4 Å². The molecule has 0 unspecified atom stereocenters. The molecule has 0 bridgehead atoms. The standard InChI is InChI=1S/C15H21N3O2S/c1-5-20-10-6-7-11-12(8-10)21-14(17-11)18-13(19)9-16-15(2,3)4/h6-8,16H,5,9H2,1-4H3,(H,17,18,19). The van der Waals surface area contributed by atoms with E-state index >= 15 is 0 Å². The summed E-state index contributed by atoms with van der Waals surface area (Å²) < 4.78 is 6.46. The summed E-state index contributed by atoms with van der Waals surface area (Å²) in [6.07, 6.45) is 0. The van der Waals surface area contributed by atoms with Gasteiger partial charge in [-0.2, -0.15) is 0 Å². The number of hydrogen-bond acceptors (Lipinski definition) is 5. The van der Waals surface area contributed by atoms with E-state index in [1.54, 1.807) is 0 Å². The highest BCUT2D eigenvalue weighted by molar-refractivity contribution is 7.22. The Kier molecular flexibility index (Phi) is 4.80. The molecular weight excluding hydrogens is 286 g/mol. The summed E-state index contributed by atoms with van der Waals surface area (Å²) in [7, 11) is 0. The summed E-state index contributed by atoms with van der Waals surface area (Å²) in [5.74, 6) is 0.731. The van der Waals surface area contributed by atoms with Crippen LogP contribution in [0.15, 0.2) is 18.2 Å². The molecule has 2 aromatic rings. The monoisotopic (exact) mass is 307 g/mol. The van der Waals surface area contributed by atoms with Crippen molar-refractivity contribution < 1.29 is 9.53 Å². The van der Waals surface area contributed by atoms with Gasteiger partial charge in [-0.3, -0.25) is 4.79 Å². The van der Waals surface area contributed by atoms with Crippen LogP contribution in [0.2, 0.25) is 0 Å². The first-order valence-corrected chi connectivity index (χ1v) is 7.77. The number of nitrogens with zero attached hydrogens (tertiary/aromatic N) is 1. The molecule has 1 aromatic heterocycles. The van der Waals surface area contributed by atoms with Gasteiger partial charge in [-0.15, -0.1) is 0 Å². The van der Waals surface area contributed by atoms with Crippen molar-refractivity contribution in [2.24, 2.45) is 0 Å². The van der Waals surface area contributed by atoms with E-state index in [0.29, 0.717) is 11.7 Å². The van der Waals surface area contributed by atoms with E-state index in [1.807, 2.05) is 45.9 Å². The molecule has 1 heterocycles. The Morgan fingerprint density at radius 3 is 2.81 bits per heavy atom. The number of benzene rings is 1. The predicted molar refractivity (Wildman–Crippen MR) is 87.2 cm³/mol. The molecule has 0 spiro atoms. The first kappa shape index (κ1) is 15.7. The summed E-state index contributed by atoms with van der Waals surface area (Å²) >= 11 is 1.45. The van der Waals surface area contributed by atoms with Crippen LogP contribution in [-0.2, 0) is 4.79 Å². The Hall–Kier alpha value is -1.66. The van der Waals surface area contributed by atoms with Crippen molar-refractivity contribution in [3.05, 3.63) is 18.2 Å². The number of hydrogen-bond donors (Lipinski definition) is 2. The van der Waals surface area contributed by atoms with Crippen LogP contribution in [0.3, 0.4) is 0 Å². The fourth-order valence-electron chi connectivity index (χ4n) is 1.72. The van der Waals surface area contributed by atoms with Gasteiger partial charge in [0, 0.05) is 5.54 Å². The lowest BCUT2D eigenvalue weighted by atomic mass is 10.1. The third-order valence-corrected chi connectivity index (χ3v) is 3.63. The van der Waals surface area contributed by atoms with Crippen molar-refractivity contribution in [1.29, 1.82) is 0 Å². The highest BCUT2D eigenvalue weighted by Gasteiger charge is 2.13. The summed E-state index contributed by atoms with van der Waals surface area (Å²) in [6.45, 7) is 8.91. The van der Waals surface area contributed by atoms with Crippen LogP contribution in [0.5, 0.6) is 5.75 Å². The summed E-state index contributed by atoms with van der Waals surface area (Å²) in [5.41, 5.74) is 0.777.